The molecule has 0 spiro atoms. The molecule has 2 aromatic rings. The molecule has 138 valence electrons. The zero-order chi connectivity index (χ0) is 19.3. The highest BCUT2D eigenvalue weighted by Crippen LogP contribution is 2.16. The predicted octanol–water partition coefficient (Wildman–Crippen LogP) is 2.05. The summed E-state index contributed by atoms with van der Waals surface area (Å²) in [6.07, 6.45) is 0. The van der Waals surface area contributed by atoms with Crippen molar-refractivity contribution in [3.8, 4) is 0 Å². The highest BCUT2D eigenvalue weighted by molar-refractivity contribution is 7.89. The van der Waals surface area contributed by atoms with Gasteiger partial charge in [0, 0.05) is 12.6 Å². The minimum absolute atomic E-state index is 0.0687. The smallest absolute Gasteiger partial charge is 0.338 e. The number of hydrogen-bond acceptors (Lipinski definition) is 6. The third-order valence-corrected chi connectivity index (χ3v) is 5.18. The van der Waals surface area contributed by atoms with Crippen molar-refractivity contribution in [3.63, 3.8) is 0 Å². The Kier molecular flexibility index (Phi) is 6.19. The number of esters is 1. The number of nitrogens with zero attached hydrogens (tertiary/aromatic N) is 1. The summed E-state index contributed by atoms with van der Waals surface area (Å²) in [7, 11) is -1.38. The van der Waals surface area contributed by atoms with E-state index in [0.29, 0.717) is 4.47 Å². The van der Waals surface area contributed by atoms with Gasteiger partial charge in [0.2, 0.25) is 0 Å². The van der Waals surface area contributed by atoms with E-state index in [4.69, 9.17) is 4.74 Å². The first-order chi connectivity index (χ1) is 12.3. The number of Topliss-reactive ketones (excluding diaryl/α,β-unsaturated/α-hetero) is 1. The van der Waals surface area contributed by atoms with Gasteiger partial charge in [-0.2, -0.15) is 0 Å². The van der Waals surface area contributed by atoms with Gasteiger partial charge >= 0.3 is 5.97 Å². The van der Waals surface area contributed by atoms with Gasteiger partial charge < -0.3 is 4.74 Å². The summed E-state index contributed by atoms with van der Waals surface area (Å²) < 4.78 is 42.5. The standard InChI is InChI=1S/C17H16FNO6S/c1-19(24-2)26(22,23)15-9-5-13(6-10-15)17(21)25-11-16(20)12-3-7-14(18)8-4-12/h3-10H,11H2,1-2H3. The zero-order valence-electron chi connectivity index (χ0n) is 14.0. The molecule has 0 fully saturated rings. The van der Waals surface area contributed by atoms with Gasteiger partial charge in [0.1, 0.15) is 5.82 Å². The maximum atomic E-state index is 12.8. The van der Waals surface area contributed by atoms with Crippen LogP contribution >= 0.6 is 0 Å². The summed E-state index contributed by atoms with van der Waals surface area (Å²) in [6.45, 7) is -0.517. The van der Waals surface area contributed by atoms with E-state index in [0.717, 1.165) is 12.1 Å². The molecule has 0 aromatic heterocycles. The lowest BCUT2D eigenvalue weighted by Gasteiger charge is -2.14. The molecule has 0 saturated heterocycles. The fourth-order valence-electron chi connectivity index (χ4n) is 1.94. The van der Waals surface area contributed by atoms with Crippen LogP contribution in [0.15, 0.2) is 53.4 Å². The largest absolute Gasteiger partial charge is 0.454 e. The summed E-state index contributed by atoms with van der Waals surface area (Å²) in [5.74, 6) is -1.75. The monoisotopic (exact) mass is 381 g/mol. The van der Waals surface area contributed by atoms with Gasteiger partial charge in [-0.25, -0.2) is 17.6 Å². The minimum Gasteiger partial charge on any atom is -0.454 e. The molecule has 0 amide bonds. The van der Waals surface area contributed by atoms with Crippen LogP contribution in [0.5, 0.6) is 0 Å². The molecule has 7 nitrogen and oxygen atoms in total. The first-order valence-corrected chi connectivity index (χ1v) is 8.78. The lowest BCUT2D eigenvalue weighted by molar-refractivity contribution is -0.0258. The maximum Gasteiger partial charge on any atom is 0.338 e. The van der Waals surface area contributed by atoms with E-state index in [1.54, 1.807) is 0 Å². The molecule has 0 atom stereocenters. The molecular formula is C17H16FNO6S. The fraction of sp³-hybridized carbons (Fsp3) is 0.176. The number of carbonyl (C=O) groups excluding carboxylic acids is 2. The summed E-state index contributed by atoms with van der Waals surface area (Å²) in [5, 5.41) is 0. The number of ketones is 1. The number of hydroxylamine groups is 1. The minimum atomic E-state index is -3.82. The van der Waals surface area contributed by atoms with Gasteiger partial charge in [-0.1, -0.05) is 4.47 Å². The summed E-state index contributed by atoms with van der Waals surface area (Å²) in [5.41, 5.74) is 0.291. The Morgan fingerprint density at radius 2 is 1.54 bits per heavy atom. The molecule has 2 aromatic carbocycles. The average Bonchev–Trinajstić information content (AvgIpc) is 2.65. The molecule has 9 heteroatoms. The van der Waals surface area contributed by atoms with Gasteiger partial charge in [0.05, 0.1) is 17.6 Å². The summed E-state index contributed by atoms with van der Waals surface area (Å²) in [6, 6.07) is 9.82. The number of ether oxygens (including phenoxy) is 1. The van der Waals surface area contributed by atoms with Crippen LogP contribution in [0, 0.1) is 5.82 Å². The predicted molar refractivity (Wildman–Crippen MR) is 89.4 cm³/mol. The van der Waals surface area contributed by atoms with Crippen LogP contribution in [-0.4, -0.2) is 45.4 Å². The number of sulfonamides is 1. The number of benzene rings is 2. The third-order valence-electron chi connectivity index (χ3n) is 3.48. The van der Waals surface area contributed by atoms with Crippen LogP contribution in [0.2, 0.25) is 0 Å². The molecule has 2 rings (SSSR count). The molecule has 0 aliphatic heterocycles. The average molecular weight is 381 g/mol. The molecule has 0 aliphatic carbocycles. The Labute approximate surface area is 150 Å². The van der Waals surface area contributed by atoms with E-state index in [-0.39, 0.29) is 16.0 Å². The second kappa shape index (κ2) is 8.17. The van der Waals surface area contributed by atoms with Crippen LogP contribution in [-0.2, 0) is 19.6 Å². The summed E-state index contributed by atoms with van der Waals surface area (Å²) >= 11 is 0. The molecule has 0 N–H and O–H groups in total. The highest BCUT2D eigenvalue weighted by Gasteiger charge is 2.21. The second-order valence-electron chi connectivity index (χ2n) is 5.13. The molecular weight excluding hydrogens is 365 g/mol. The Balaban J connectivity index is 2.02. The van der Waals surface area contributed by atoms with E-state index in [1.165, 1.54) is 50.6 Å². The summed E-state index contributed by atoms with van der Waals surface area (Å²) in [4.78, 5) is 28.4. The second-order valence-corrected chi connectivity index (χ2v) is 7.06. The first kappa shape index (κ1) is 19.7. The van der Waals surface area contributed by atoms with Crippen LogP contribution < -0.4 is 0 Å². The molecule has 0 heterocycles. The molecule has 0 unspecified atom stereocenters. The Bertz CT molecular complexity index is 894. The van der Waals surface area contributed by atoms with Crippen LogP contribution in [0.4, 0.5) is 4.39 Å². The quantitative estimate of drug-likeness (QED) is 0.414. The van der Waals surface area contributed by atoms with Crippen molar-refractivity contribution in [3.05, 3.63) is 65.5 Å². The van der Waals surface area contributed by atoms with Crippen molar-refractivity contribution in [1.82, 2.24) is 4.47 Å². The maximum absolute atomic E-state index is 12.8. The Morgan fingerprint density at radius 3 is 2.08 bits per heavy atom. The number of rotatable bonds is 7. The van der Waals surface area contributed by atoms with E-state index in [2.05, 4.69) is 4.84 Å². The fourth-order valence-corrected chi connectivity index (χ4v) is 2.92. The lowest BCUT2D eigenvalue weighted by atomic mass is 10.1. The number of hydrogen-bond donors (Lipinski definition) is 0. The van der Waals surface area contributed by atoms with E-state index in [1.807, 2.05) is 0 Å². The Morgan fingerprint density at radius 1 is 1.00 bits per heavy atom. The van der Waals surface area contributed by atoms with Gasteiger partial charge in [-0.05, 0) is 48.5 Å². The van der Waals surface area contributed by atoms with Crippen molar-refractivity contribution >= 4 is 21.8 Å². The highest BCUT2D eigenvalue weighted by atomic mass is 32.2. The van der Waals surface area contributed by atoms with Crippen molar-refractivity contribution in [2.24, 2.45) is 0 Å². The van der Waals surface area contributed by atoms with E-state index >= 15 is 0 Å². The Hall–Kier alpha value is -2.62. The van der Waals surface area contributed by atoms with Crippen molar-refractivity contribution in [2.45, 2.75) is 4.90 Å². The number of halogens is 1. The van der Waals surface area contributed by atoms with E-state index in [9.17, 15) is 22.4 Å². The van der Waals surface area contributed by atoms with Gasteiger partial charge in [-0.3, -0.25) is 9.63 Å². The zero-order valence-corrected chi connectivity index (χ0v) is 14.8. The van der Waals surface area contributed by atoms with Crippen LogP contribution in [0.3, 0.4) is 0 Å². The normalized spacial score (nSPS) is 11.4. The topological polar surface area (TPSA) is 90.0 Å². The molecule has 0 radical (unpaired) electrons. The lowest BCUT2D eigenvalue weighted by Crippen LogP contribution is -2.25. The first-order valence-electron chi connectivity index (χ1n) is 7.34. The van der Waals surface area contributed by atoms with Crippen LogP contribution in [0.25, 0.3) is 0 Å². The van der Waals surface area contributed by atoms with Gasteiger partial charge in [0.25, 0.3) is 10.0 Å². The van der Waals surface area contributed by atoms with Crippen molar-refractivity contribution in [1.29, 1.82) is 0 Å². The molecule has 26 heavy (non-hydrogen) atoms. The number of carbonyl (C=O) groups is 2. The van der Waals surface area contributed by atoms with Gasteiger partial charge in [-0.15, -0.1) is 0 Å². The SMILES string of the molecule is CON(C)S(=O)(=O)c1ccc(C(=O)OCC(=O)c2ccc(F)cc2)cc1. The van der Waals surface area contributed by atoms with Crippen LogP contribution in [0.1, 0.15) is 20.7 Å². The third kappa shape index (κ3) is 4.51. The van der Waals surface area contributed by atoms with Crippen molar-refractivity contribution in [2.75, 3.05) is 20.8 Å². The molecule has 0 bridgehead atoms. The molecule has 0 aliphatic rings. The van der Waals surface area contributed by atoms with Crippen molar-refractivity contribution < 1.29 is 32.0 Å². The van der Waals surface area contributed by atoms with Gasteiger partial charge in [0.15, 0.2) is 12.4 Å². The molecule has 0 saturated carbocycles. The van der Waals surface area contributed by atoms with E-state index < -0.39 is 34.2 Å².